The number of aromatic nitrogens is 1. The maximum Gasteiger partial charge on any atom is 0.128 e. The first kappa shape index (κ1) is 12.2. The number of halogens is 3. The van der Waals surface area contributed by atoms with Crippen LogP contribution < -0.4 is 4.74 Å². The van der Waals surface area contributed by atoms with Crippen LogP contribution in [0.25, 0.3) is 21.8 Å². The van der Waals surface area contributed by atoms with Crippen LogP contribution in [0.2, 0.25) is 10.0 Å². The molecular formula is C13H8BrCl2NO. The Hall–Kier alpha value is -0.900. The molecule has 0 radical (unpaired) electrons. The molecule has 0 saturated heterocycles. The van der Waals surface area contributed by atoms with Crippen LogP contribution in [0.4, 0.5) is 0 Å². The van der Waals surface area contributed by atoms with E-state index in [1.54, 1.807) is 7.11 Å². The monoisotopic (exact) mass is 343 g/mol. The summed E-state index contributed by atoms with van der Waals surface area (Å²) in [6.45, 7) is 0. The van der Waals surface area contributed by atoms with Crippen LogP contribution in [0, 0.1) is 0 Å². The summed E-state index contributed by atoms with van der Waals surface area (Å²) in [5.41, 5.74) is 1.91. The lowest BCUT2D eigenvalue weighted by molar-refractivity contribution is 0.420. The smallest absolute Gasteiger partial charge is 0.128 e. The summed E-state index contributed by atoms with van der Waals surface area (Å²) in [6.07, 6.45) is 0. The fourth-order valence-electron chi connectivity index (χ4n) is 2.11. The van der Waals surface area contributed by atoms with Gasteiger partial charge in [0.1, 0.15) is 5.75 Å². The molecule has 1 heterocycles. The topological polar surface area (TPSA) is 25.0 Å². The first-order chi connectivity index (χ1) is 8.61. The van der Waals surface area contributed by atoms with Crippen molar-refractivity contribution in [1.29, 1.82) is 0 Å². The molecule has 0 atom stereocenters. The highest BCUT2D eigenvalue weighted by atomic mass is 79.9. The van der Waals surface area contributed by atoms with Crippen LogP contribution >= 0.6 is 39.1 Å². The molecule has 92 valence electrons. The van der Waals surface area contributed by atoms with Gasteiger partial charge < -0.3 is 9.72 Å². The second-order valence-corrected chi connectivity index (χ2v) is 5.61. The summed E-state index contributed by atoms with van der Waals surface area (Å²) < 4.78 is 6.38. The number of benzene rings is 2. The summed E-state index contributed by atoms with van der Waals surface area (Å²) in [6, 6.07) is 7.54. The summed E-state index contributed by atoms with van der Waals surface area (Å²) in [7, 11) is 1.65. The Morgan fingerprint density at radius 1 is 1.17 bits per heavy atom. The summed E-state index contributed by atoms with van der Waals surface area (Å²) >= 11 is 15.6. The zero-order chi connectivity index (χ0) is 12.9. The highest BCUT2D eigenvalue weighted by Crippen LogP contribution is 2.39. The van der Waals surface area contributed by atoms with Gasteiger partial charge in [-0.2, -0.15) is 0 Å². The van der Waals surface area contributed by atoms with Crippen molar-refractivity contribution >= 4 is 60.9 Å². The molecule has 0 spiro atoms. The third-order valence-corrected chi connectivity index (χ3v) is 4.31. The summed E-state index contributed by atoms with van der Waals surface area (Å²) in [5.74, 6) is 0.804. The fourth-order valence-corrected chi connectivity index (χ4v) is 2.87. The molecule has 3 aromatic rings. The molecular weight excluding hydrogens is 337 g/mol. The van der Waals surface area contributed by atoms with E-state index in [0.29, 0.717) is 10.0 Å². The number of nitrogens with one attached hydrogen (secondary N) is 1. The van der Waals surface area contributed by atoms with Gasteiger partial charge in [-0.3, -0.25) is 0 Å². The van der Waals surface area contributed by atoms with E-state index >= 15 is 0 Å². The third kappa shape index (κ3) is 1.69. The number of fused-ring (bicyclic) bond motifs is 3. The van der Waals surface area contributed by atoms with E-state index in [0.717, 1.165) is 32.0 Å². The highest BCUT2D eigenvalue weighted by Gasteiger charge is 2.13. The quantitative estimate of drug-likeness (QED) is 0.628. The SMILES string of the molecule is COc1ccc(Br)c2[nH]c3cc(Cl)c(Cl)cc3c12. The van der Waals surface area contributed by atoms with Crippen LogP contribution in [0.1, 0.15) is 0 Å². The summed E-state index contributed by atoms with van der Waals surface area (Å²) in [4.78, 5) is 3.32. The van der Waals surface area contributed by atoms with Gasteiger partial charge in [-0.1, -0.05) is 23.2 Å². The van der Waals surface area contributed by atoms with Gasteiger partial charge in [-0.25, -0.2) is 0 Å². The predicted molar refractivity (Wildman–Crippen MR) is 80.1 cm³/mol. The number of hydrogen-bond acceptors (Lipinski definition) is 1. The average molecular weight is 345 g/mol. The predicted octanol–water partition coefficient (Wildman–Crippen LogP) is 5.40. The fraction of sp³-hybridized carbons (Fsp3) is 0.0769. The van der Waals surface area contributed by atoms with Crippen LogP contribution in [0.3, 0.4) is 0 Å². The van der Waals surface area contributed by atoms with Gasteiger partial charge in [0.15, 0.2) is 0 Å². The Labute approximate surface area is 122 Å². The Kier molecular flexibility index (Phi) is 2.93. The van der Waals surface area contributed by atoms with Crippen molar-refractivity contribution in [3.63, 3.8) is 0 Å². The minimum atomic E-state index is 0.533. The van der Waals surface area contributed by atoms with Crippen LogP contribution in [-0.4, -0.2) is 12.1 Å². The molecule has 1 N–H and O–H groups in total. The molecule has 0 aliphatic rings. The number of methoxy groups -OCH3 is 1. The number of ether oxygens (including phenoxy) is 1. The molecule has 3 rings (SSSR count). The molecule has 0 unspecified atom stereocenters. The second kappa shape index (κ2) is 4.34. The lowest BCUT2D eigenvalue weighted by atomic mass is 10.1. The molecule has 0 amide bonds. The van der Waals surface area contributed by atoms with Crippen molar-refractivity contribution in [3.8, 4) is 5.75 Å². The van der Waals surface area contributed by atoms with E-state index in [9.17, 15) is 0 Å². The molecule has 5 heteroatoms. The Balaban J connectivity index is 2.56. The standard InChI is InChI=1S/C13H8BrCl2NO/c1-18-11-3-2-7(14)13-12(11)6-4-8(15)9(16)5-10(6)17-13/h2-5,17H,1H3. The molecule has 2 aromatic carbocycles. The van der Waals surface area contributed by atoms with Crippen molar-refractivity contribution < 1.29 is 4.74 Å². The number of H-pyrrole nitrogens is 1. The zero-order valence-electron chi connectivity index (χ0n) is 9.35. The Morgan fingerprint density at radius 3 is 2.61 bits per heavy atom. The van der Waals surface area contributed by atoms with Gasteiger partial charge in [0, 0.05) is 15.4 Å². The molecule has 1 aromatic heterocycles. The van der Waals surface area contributed by atoms with Crippen molar-refractivity contribution in [3.05, 3.63) is 38.8 Å². The normalized spacial score (nSPS) is 11.3. The first-order valence-electron chi connectivity index (χ1n) is 5.24. The van der Waals surface area contributed by atoms with Gasteiger partial charge >= 0.3 is 0 Å². The van der Waals surface area contributed by atoms with Crippen molar-refractivity contribution in [2.45, 2.75) is 0 Å². The van der Waals surface area contributed by atoms with E-state index in [1.807, 2.05) is 24.3 Å². The summed E-state index contributed by atoms with van der Waals surface area (Å²) in [5, 5.41) is 3.07. The van der Waals surface area contributed by atoms with Gasteiger partial charge in [0.25, 0.3) is 0 Å². The molecule has 0 fully saturated rings. The first-order valence-corrected chi connectivity index (χ1v) is 6.79. The highest BCUT2D eigenvalue weighted by molar-refractivity contribution is 9.10. The molecule has 0 bridgehead atoms. The van der Waals surface area contributed by atoms with Crippen LogP contribution in [0.15, 0.2) is 28.7 Å². The lowest BCUT2D eigenvalue weighted by Gasteiger charge is -2.03. The van der Waals surface area contributed by atoms with E-state index in [4.69, 9.17) is 27.9 Å². The van der Waals surface area contributed by atoms with E-state index in [2.05, 4.69) is 20.9 Å². The molecule has 18 heavy (non-hydrogen) atoms. The maximum absolute atomic E-state index is 6.08. The van der Waals surface area contributed by atoms with Crippen LogP contribution in [0.5, 0.6) is 5.75 Å². The average Bonchev–Trinajstić information content (AvgIpc) is 2.70. The minimum Gasteiger partial charge on any atom is -0.496 e. The lowest BCUT2D eigenvalue weighted by Crippen LogP contribution is -1.83. The van der Waals surface area contributed by atoms with Crippen molar-refractivity contribution in [2.24, 2.45) is 0 Å². The van der Waals surface area contributed by atoms with E-state index in [-0.39, 0.29) is 0 Å². The number of aromatic amines is 1. The Bertz CT molecular complexity index is 767. The second-order valence-electron chi connectivity index (χ2n) is 3.94. The Morgan fingerprint density at radius 2 is 1.89 bits per heavy atom. The zero-order valence-corrected chi connectivity index (χ0v) is 12.4. The van der Waals surface area contributed by atoms with E-state index < -0.39 is 0 Å². The van der Waals surface area contributed by atoms with E-state index in [1.165, 1.54) is 0 Å². The molecule has 0 aliphatic carbocycles. The third-order valence-electron chi connectivity index (χ3n) is 2.93. The van der Waals surface area contributed by atoms with Gasteiger partial charge in [0.2, 0.25) is 0 Å². The molecule has 0 saturated carbocycles. The van der Waals surface area contributed by atoms with Crippen molar-refractivity contribution in [1.82, 2.24) is 4.98 Å². The molecule has 0 aliphatic heterocycles. The maximum atomic E-state index is 6.08. The van der Waals surface area contributed by atoms with Crippen LogP contribution in [-0.2, 0) is 0 Å². The number of hydrogen-bond donors (Lipinski definition) is 1. The molecule has 2 nitrogen and oxygen atoms in total. The van der Waals surface area contributed by atoms with Gasteiger partial charge in [-0.05, 0) is 40.2 Å². The largest absolute Gasteiger partial charge is 0.496 e. The minimum absolute atomic E-state index is 0.533. The van der Waals surface area contributed by atoms with Gasteiger partial charge in [-0.15, -0.1) is 0 Å². The van der Waals surface area contributed by atoms with Crippen molar-refractivity contribution in [2.75, 3.05) is 7.11 Å². The number of rotatable bonds is 1. The van der Waals surface area contributed by atoms with Gasteiger partial charge in [0.05, 0.1) is 28.1 Å².